The topological polar surface area (TPSA) is 98.3 Å². The van der Waals surface area contributed by atoms with Gasteiger partial charge in [-0.1, -0.05) is 0 Å². The first-order valence-corrected chi connectivity index (χ1v) is 5.02. The van der Waals surface area contributed by atoms with Crippen LogP contribution in [0.3, 0.4) is 0 Å². The van der Waals surface area contributed by atoms with Crippen LogP contribution in [0.2, 0.25) is 0 Å². The zero-order valence-electron chi connectivity index (χ0n) is 9.40. The first-order chi connectivity index (χ1) is 8.49. The molecule has 0 bridgehead atoms. The third-order valence-corrected chi connectivity index (χ3v) is 2.47. The molecule has 92 valence electrons. The van der Waals surface area contributed by atoms with E-state index in [1.807, 2.05) is 0 Å². The summed E-state index contributed by atoms with van der Waals surface area (Å²) in [6.45, 7) is 1.72. The number of nitrogens with zero attached hydrogens (tertiary/aromatic N) is 3. The van der Waals surface area contributed by atoms with Crippen molar-refractivity contribution in [3.05, 3.63) is 51.8 Å². The lowest BCUT2D eigenvalue weighted by Gasteiger charge is -2.05. The van der Waals surface area contributed by atoms with Gasteiger partial charge in [-0.25, -0.2) is 9.48 Å². The normalized spacial score (nSPS) is 10.3. The smallest absolute Gasteiger partial charge is 0.335 e. The molecule has 0 aliphatic rings. The number of carbonyl (C=O) groups is 1. The molecule has 0 radical (unpaired) electrons. The quantitative estimate of drug-likeness (QED) is 0.658. The van der Waals surface area contributed by atoms with Crippen LogP contribution in [-0.4, -0.2) is 25.8 Å². The SMILES string of the molecule is Cc1cc(C(=O)O)ccc1-n1cc([N+](=O)[O-])cn1. The van der Waals surface area contributed by atoms with Gasteiger partial charge in [0.05, 0.1) is 16.2 Å². The van der Waals surface area contributed by atoms with Crippen molar-refractivity contribution in [3.63, 3.8) is 0 Å². The van der Waals surface area contributed by atoms with E-state index < -0.39 is 10.9 Å². The zero-order valence-corrected chi connectivity index (χ0v) is 9.40. The summed E-state index contributed by atoms with van der Waals surface area (Å²) in [7, 11) is 0. The number of aromatic carboxylic acids is 1. The minimum atomic E-state index is -1.02. The lowest BCUT2D eigenvalue weighted by molar-refractivity contribution is -0.384. The Kier molecular flexibility index (Phi) is 2.80. The Hall–Kier alpha value is -2.70. The molecule has 1 aromatic carbocycles. The predicted octanol–water partition coefficient (Wildman–Crippen LogP) is 1.79. The Bertz CT molecular complexity index is 633. The molecule has 0 unspecified atom stereocenters. The van der Waals surface area contributed by atoms with Gasteiger partial charge in [-0.05, 0) is 30.7 Å². The van der Waals surface area contributed by atoms with Crippen LogP contribution in [0.4, 0.5) is 5.69 Å². The summed E-state index contributed by atoms with van der Waals surface area (Å²) in [5.41, 5.74) is 1.33. The highest BCUT2D eigenvalue weighted by molar-refractivity contribution is 5.88. The van der Waals surface area contributed by atoms with Crippen molar-refractivity contribution < 1.29 is 14.8 Å². The first-order valence-electron chi connectivity index (χ1n) is 5.02. The van der Waals surface area contributed by atoms with E-state index in [2.05, 4.69) is 5.10 Å². The van der Waals surface area contributed by atoms with Crippen molar-refractivity contribution in [1.82, 2.24) is 9.78 Å². The minimum absolute atomic E-state index is 0.114. The van der Waals surface area contributed by atoms with E-state index in [9.17, 15) is 14.9 Å². The molecule has 0 saturated heterocycles. The molecule has 0 saturated carbocycles. The van der Waals surface area contributed by atoms with Gasteiger partial charge in [-0.2, -0.15) is 5.10 Å². The second kappa shape index (κ2) is 4.28. The summed E-state index contributed by atoms with van der Waals surface area (Å²) < 4.78 is 1.35. The van der Waals surface area contributed by atoms with Crippen LogP contribution >= 0.6 is 0 Å². The molecule has 7 nitrogen and oxygen atoms in total. The van der Waals surface area contributed by atoms with Gasteiger partial charge in [0.15, 0.2) is 0 Å². The molecule has 1 N–H and O–H groups in total. The second-order valence-corrected chi connectivity index (χ2v) is 3.71. The first kappa shape index (κ1) is 11.8. The van der Waals surface area contributed by atoms with Crippen LogP contribution in [0.15, 0.2) is 30.6 Å². The Labute approximate surface area is 101 Å². The average molecular weight is 247 g/mol. The van der Waals surface area contributed by atoms with E-state index in [4.69, 9.17) is 5.11 Å². The maximum absolute atomic E-state index is 10.8. The number of carboxylic acids is 1. The number of aromatic nitrogens is 2. The minimum Gasteiger partial charge on any atom is -0.478 e. The summed E-state index contributed by atoms with van der Waals surface area (Å²) in [4.78, 5) is 20.8. The van der Waals surface area contributed by atoms with Gasteiger partial charge in [0, 0.05) is 0 Å². The van der Waals surface area contributed by atoms with E-state index in [0.29, 0.717) is 11.3 Å². The Morgan fingerprint density at radius 3 is 2.72 bits per heavy atom. The summed E-state index contributed by atoms with van der Waals surface area (Å²) in [6, 6.07) is 4.48. The number of nitro groups is 1. The molecule has 18 heavy (non-hydrogen) atoms. The second-order valence-electron chi connectivity index (χ2n) is 3.71. The molecule has 0 atom stereocenters. The van der Waals surface area contributed by atoms with Gasteiger partial charge >= 0.3 is 11.7 Å². The van der Waals surface area contributed by atoms with Gasteiger partial charge < -0.3 is 5.11 Å². The number of hydrogen-bond acceptors (Lipinski definition) is 4. The van der Waals surface area contributed by atoms with Crippen LogP contribution in [0.25, 0.3) is 5.69 Å². The largest absolute Gasteiger partial charge is 0.478 e. The van der Waals surface area contributed by atoms with E-state index in [0.717, 1.165) is 6.20 Å². The van der Waals surface area contributed by atoms with Crippen molar-refractivity contribution in [2.24, 2.45) is 0 Å². The van der Waals surface area contributed by atoms with Crippen molar-refractivity contribution >= 4 is 11.7 Å². The number of hydrogen-bond donors (Lipinski definition) is 1. The van der Waals surface area contributed by atoms with Gasteiger partial charge in [0.1, 0.15) is 12.4 Å². The predicted molar refractivity (Wildman–Crippen MR) is 61.9 cm³/mol. The van der Waals surface area contributed by atoms with Gasteiger partial charge in [0.2, 0.25) is 0 Å². The monoisotopic (exact) mass is 247 g/mol. The molecule has 0 aliphatic carbocycles. The maximum Gasteiger partial charge on any atom is 0.335 e. The molecule has 2 rings (SSSR count). The fourth-order valence-electron chi connectivity index (χ4n) is 1.58. The van der Waals surface area contributed by atoms with E-state index in [1.165, 1.54) is 23.0 Å². The van der Waals surface area contributed by atoms with Crippen molar-refractivity contribution in [3.8, 4) is 5.69 Å². The van der Waals surface area contributed by atoms with Crippen molar-refractivity contribution in [2.45, 2.75) is 6.92 Å². The Balaban J connectivity index is 2.44. The maximum atomic E-state index is 10.8. The lowest BCUT2D eigenvalue weighted by Crippen LogP contribution is -2.01. The lowest BCUT2D eigenvalue weighted by atomic mass is 10.1. The fourth-order valence-corrected chi connectivity index (χ4v) is 1.58. The molecule has 7 heteroatoms. The zero-order chi connectivity index (χ0) is 13.3. The Morgan fingerprint density at radius 1 is 1.50 bits per heavy atom. The standard InChI is InChI=1S/C11H9N3O4/c1-7-4-8(11(15)16)2-3-10(7)13-6-9(5-12-13)14(17)18/h2-6H,1H3,(H,15,16). The Morgan fingerprint density at radius 2 is 2.22 bits per heavy atom. The highest BCUT2D eigenvalue weighted by Crippen LogP contribution is 2.18. The fraction of sp³-hybridized carbons (Fsp3) is 0.0909. The highest BCUT2D eigenvalue weighted by atomic mass is 16.6. The van der Waals surface area contributed by atoms with Gasteiger partial charge in [-0.3, -0.25) is 10.1 Å². The molecule has 1 aromatic heterocycles. The summed E-state index contributed by atoms with van der Waals surface area (Å²) in [5.74, 6) is -1.02. The molecule has 0 spiro atoms. The van der Waals surface area contributed by atoms with Crippen LogP contribution in [0, 0.1) is 17.0 Å². The molecular weight excluding hydrogens is 238 g/mol. The summed E-state index contributed by atoms with van der Waals surface area (Å²) in [6.07, 6.45) is 2.42. The van der Waals surface area contributed by atoms with E-state index >= 15 is 0 Å². The molecule has 2 aromatic rings. The van der Waals surface area contributed by atoms with Crippen LogP contribution < -0.4 is 0 Å². The number of aryl methyl sites for hydroxylation is 1. The summed E-state index contributed by atoms with van der Waals surface area (Å²) >= 11 is 0. The van der Waals surface area contributed by atoms with Crippen LogP contribution in [0.1, 0.15) is 15.9 Å². The molecule has 0 aliphatic heterocycles. The third kappa shape index (κ3) is 2.05. The number of benzene rings is 1. The summed E-state index contributed by atoms with van der Waals surface area (Å²) in [5, 5.41) is 23.3. The van der Waals surface area contributed by atoms with Crippen molar-refractivity contribution in [1.29, 1.82) is 0 Å². The van der Waals surface area contributed by atoms with E-state index in [-0.39, 0.29) is 11.3 Å². The molecule has 1 heterocycles. The van der Waals surface area contributed by atoms with Gasteiger partial charge in [0.25, 0.3) is 0 Å². The van der Waals surface area contributed by atoms with Crippen LogP contribution in [0.5, 0.6) is 0 Å². The van der Waals surface area contributed by atoms with Gasteiger partial charge in [-0.15, -0.1) is 0 Å². The third-order valence-electron chi connectivity index (χ3n) is 2.47. The highest BCUT2D eigenvalue weighted by Gasteiger charge is 2.12. The average Bonchev–Trinajstić information content (AvgIpc) is 2.78. The van der Waals surface area contributed by atoms with E-state index in [1.54, 1.807) is 13.0 Å². The molecule has 0 fully saturated rings. The number of rotatable bonds is 3. The molecule has 0 amide bonds. The van der Waals surface area contributed by atoms with Crippen molar-refractivity contribution in [2.75, 3.05) is 0 Å². The molecular formula is C11H9N3O4. The van der Waals surface area contributed by atoms with Crippen LogP contribution in [-0.2, 0) is 0 Å². The number of carboxylic acid groups (broad SMARTS) is 1.